The first-order chi connectivity index (χ1) is 15.4. The molecule has 0 saturated carbocycles. The van der Waals surface area contributed by atoms with Crippen LogP contribution in [0.4, 0.5) is 0 Å². The van der Waals surface area contributed by atoms with Gasteiger partial charge in [-0.15, -0.1) is 0 Å². The van der Waals surface area contributed by atoms with Crippen molar-refractivity contribution in [3.8, 4) is 0 Å². The predicted octanol–water partition coefficient (Wildman–Crippen LogP) is 9.22. The van der Waals surface area contributed by atoms with Gasteiger partial charge in [0.1, 0.15) is 0 Å². The van der Waals surface area contributed by atoms with Crippen LogP contribution in [0.15, 0.2) is 42.0 Å². The third-order valence-electron chi connectivity index (χ3n) is 7.67. The van der Waals surface area contributed by atoms with E-state index in [1.807, 2.05) is 0 Å². The molecule has 1 saturated heterocycles. The Bertz CT molecular complexity index is 604. The molecule has 3 rings (SSSR count). The Labute approximate surface area is 193 Å². The van der Waals surface area contributed by atoms with Gasteiger partial charge in [-0.3, -0.25) is 4.90 Å². The van der Waals surface area contributed by atoms with E-state index < -0.39 is 0 Å². The molecule has 2 atom stereocenters. The molecule has 2 aliphatic rings. The number of benzene rings is 1. The van der Waals surface area contributed by atoms with Gasteiger partial charge >= 0.3 is 0 Å². The van der Waals surface area contributed by atoms with Gasteiger partial charge in [-0.2, -0.15) is 0 Å². The van der Waals surface area contributed by atoms with E-state index >= 15 is 0 Å². The first-order valence-corrected chi connectivity index (χ1v) is 13.9. The normalized spacial score (nSPS) is 21.3. The largest absolute Gasteiger partial charge is 0.289 e. The van der Waals surface area contributed by atoms with E-state index in [0.717, 1.165) is 12.6 Å². The number of fused-ring (bicyclic) bond motifs is 2. The van der Waals surface area contributed by atoms with Gasteiger partial charge in [0.25, 0.3) is 0 Å². The fraction of sp³-hybridized carbons (Fsp3) is 0.733. The van der Waals surface area contributed by atoms with Gasteiger partial charge in [-0.05, 0) is 37.7 Å². The van der Waals surface area contributed by atoms with Gasteiger partial charge in [-0.1, -0.05) is 132 Å². The molecule has 174 valence electrons. The topological polar surface area (TPSA) is 3.24 Å². The molecule has 0 N–H and O–H groups in total. The van der Waals surface area contributed by atoms with Crippen LogP contribution in [0.3, 0.4) is 0 Å². The Hall–Kier alpha value is -1.08. The van der Waals surface area contributed by atoms with E-state index in [9.17, 15) is 0 Å². The second-order valence-corrected chi connectivity index (χ2v) is 10.3. The monoisotopic (exact) mass is 423 g/mol. The molecule has 1 heteroatoms. The van der Waals surface area contributed by atoms with Crippen molar-refractivity contribution in [2.24, 2.45) is 0 Å². The Balaban J connectivity index is 1.24. The van der Waals surface area contributed by atoms with Gasteiger partial charge in [0.05, 0.1) is 0 Å². The second kappa shape index (κ2) is 14.9. The van der Waals surface area contributed by atoms with Crippen LogP contribution in [-0.2, 0) is 6.54 Å². The highest BCUT2D eigenvalue weighted by Gasteiger charge is 2.33. The summed E-state index contributed by atoms with van der Waals surface area (Å²) < 4.78 is 0. The molecule has 0 aromatic heterocycles. The number of nitrogens with zero attached hydrogens (tertiary/aromatic N) is 1. The Morgan fingerprint density at radius 2 is 1.35 bits per heavy atom. The molecule has 2 unspecified atom stereocenters. The van der Waals surface area contributed by atoms with Crippen LogP contribution < -0.4 is 0 Å². The lowest BCUT2D eigenvalue weighted by Crippen LogP contribution is -2.47. The van der Waals surface area contributed by atoms with Crippen molar-refractivity contribution in [2.45, 2.75) is 141 Å². The zero-order valence-electron chi connectivity index (χ0n) is 20.5. The molecule has 1 nitrogen and oxygen atoms in total. The molecule has 2 bridgehead atoms. The summed E-state index contributed by atoms with van der Waals surface area (Å²) in [5.41, 5.74) is 3.26. The van der Waals surface area contributed by atoms with Crippen molar-refractivity contribution in [3.05, 3.63) is 47.5 Å². The van der Waals surface area contributed by atoms with E-state index in [2.05, 4.69) is 48.2 Å². The molecule has 1 fully saturated rings. The number of hydrogen-bond donors (Lipinski definition) is 0. The molecule has 0 radical (unpaired) electrons. The van der Waals surface area contributed by atoms with E-state index in [4.69, 9.17) is 0 Å². The lowest BCUT2D eigenvalue weighted by molar-refractivity contribution is 0.0876. The van der Waals surface area contributed by atoms with Crippen LogP contribution in [-0.4, -0.2) is 17.0 Å². The summed E-state index contributed by atoms with van der Waals surface area (Å²) in [6, 6.07) is 12.6. The molecule has 0 aliphatic carbocycles. The Morgan fingerprint density at radius 1 is 0.742 bits per heavy atom. The lowest BCUT2D eigenvalue weighted by atomic mass is 9.83. The summed E-state index contributed by atoms with van der Waals surface area (Å²) in [5.74, 6) is 0. The third-order valence-corrected chi connectivity index (χ3v) is 7.67. The van der Waals surface area contributed by atoms with Crippen LogP contribution in [0.25, 0.3) is 0 Å². The third kappa shape index (κ3) is 9.13. The summed E-state index contributed by atoms with van der Waals surface area (Å²) in [6.45, 7) is 3.44. The van der Waals surface area contributed by atoms with Gasteiger partial charge in [0.15, 0.2) is 0 Å². The molecule has 0 spiro atoms. The highest BCUT2D eigenvalue weighted by atomic mass is 15.2. The fourth-order valence-electron chi connectivity index (χ4n) is 5.80. The van der Waals surface area contributed by atoms with Crippen molar-refractivity contribution in [3.63, 3.8) is 0 Å². The van der Waals surface area contributed by atoms with Crippen molar-refractivity contribution >= 4 is 0 Å². The number of hydrogen-bond acceptors (Lipinski definition) is 1. The number of piperidine rings is 1. The summed E-state index contributed by atoms with van der Waals surface area (Å²) >= 11 is 0. The van der Waals surface area contributed by atoms with Crippen LogP contribution in [0.5, 0.6) is 0 Å². The first-order valence-electron chi connectivity index (χ1n) is 13.9. The first kappa shape index (κ1) is 24.6. The summed E-state index contributed by atoms with van der Waals surface area (Å²) in [7, 11) is 0. The highest BCUT2D eigenvalue weighted by Crippen LogP contribution is 2.36. The number of rotatable bonds is 16. The Morgan fingerprint density at radius 3 is 1.97 bits per heavy atom. The zero-order chi connectivity index (χ0) is 21.6. The molecular weight excluding hydrogens is 374 g/mol. The molecule has 2 heterocycles. The van der Waals surface area contributed by atoms with Crippen molar-refractivity contribution in [2.75, 3.05) is 0 Å². The van der Waals surface area contributed by atoms with E-state index in [1.165, 1.54) is 121 Å². The van der Waals surface area contributed by atoms with Crippen LogP contribution in [0.2, 0.25) is 0 Å². The summed E-state index contributed by atoms with van der Waals surface area (Å²) in [5, 5.41) is 0. The van der Waals surface area contributed by atoms with Crippen LogP contribution >= 0.6 is 0 Å². The molecule has 0 amide bonds. The number of unbranched alkanes of at least 4 members (excludes halogenated alkanes) is 12. The molecule has 1 aromatic carbocycles. The van der Waals surface area contributed by atoms with Gasteiger partial charge in [0.2, 0.25) is 0 Å². The Kier molecular flexibility index (Phi) is 11.8. The van der Waals surface area contributed by atoms with Crippen LogP contribution in [0.1, 0.15) is 128 Å². The average molecular weight is 424 g/mol. The quantitative estimate of drug-likeness (QED) is 0.189. The predicted molar refractivity (Wildman–Crippen MR) is 136 cm³/mol. The molecule has 1 aromatic rings. The van der Waals surface area contributed by atoms with Gasteiger partial charge < -0.3 is 0 Å². The highest BCUT2D eigenvalue weighted by molar-refractivity contribution is 5.20. The molecular formula is C30H49N. The SMILES string of the molecule is CCCCCCCCCCCCCCCC1=CC2CCCC(C1)N2Cc1ccccc1. The summed E-state index contributed by atoms with van der Waals surface area (Å²) in [4.78, 5) is 2.80. The molecule has 31 heavy (non-hydrogen) atoms. The minimum atomic E-state index is 0.699. The van der Waals surface area contributed by atoms with Crippen molar-refractivity contribution in [1.29, 1.82) is 0 Å². The van der Waals surface area contributed by atoms with Gasteiger partial charge in [0, 0.05) is 18.6 Å². The lowest BCUT2D eigenvalue weighted by Gasteiger charge is -2.45. The van der Waals surface area contributed by atoms with Gasteiger partial charge in [-0.25, -0.2) is 0 Å². The van der Waals surface area contributed by atoms with Crippen molar-refractivity contribution < 1.29 is 0 Å². The standard InChI is InChI=1S/C30H49N/c1-2-3-4-5-6-7-8-9-10-11-12-13-15-21-28-24-29-22-18-23-30(25-28)31(29)26-27-19-16-14-17-20-27/h14,16-17,19-20,24,29-30H,2-13,15,18,21-23,25-26H2,1H3. The maximum atomic E-state index is 2.80. The van der Waals surface area contributed by atoms with E-state index in [0.29, 0.717) is 6.04 Å². The smallest absolute Gasteiger partial charge is 0.0287 e. The van der Waals surface area contributed by atoms with Crippen LogP contribution in [0, 0.1) is 0 Å². The average Bonchev–Trinajstić information content (AvgIpc) is 2.78. The maximum Gasteiger partial charge on any atom is 0.0287 e. The fourth-order valence-corrected chi connectivity index (χ4v) is 5.80. The minimum absolute atomic E-state index is 0.699. The van der Waals surface area contributed by atoms with E-state index in [-0.39, 0.29) is 0 Å². The minimum Gasteiger partial charge on any atom is -0.289 e. The zero-order valence-corrected chi connectivity index (χ0v) is 20.5. The second-order valence-electron chi connectivity index (χ2n) is 10.3. The molecule has 2 aliphatic heterocycles. The van der Waals surface area contributed by atoms with E-state index in [1.54, 1.807) is 5.57 Å². The maximum absolute atomic E-state index is 2.80. The van der Waals surface area contributed by atoms with Crippen molar-refractivity contribution in [1.82, 2.24) is 4.90 Å². The summed E-state index contributed by atoms with van der Waals surface area (Å²) in [6.07, 6.45) is 28.4.